The van der Waals surface area contributed by atoms with Gasteiger partial charge in [-0.3, -0.25) is 4.72 Å². The van der Waals surface area contributed by atoms with Gasteiger partial charge in [-0.15, -0.1) is 11.3 Å². The number of sulfonamides is 1. The van der Waals surface area contributed by atoms with Crippen LogP contribution in [-0.4, -0.2) is 14.5 Å². The van der Waals surface area contributed by atoms with E-state index in [9.17, 15) is 8.42 Å². The molecule has 0 amide bonds. The fourth-order valence-corrected chi connectivity index (χ4v) is 4.28. The summed E-state index contributed by atoms with van der Waals surface area (Å²) in [6.45, 7) is 6.59. The van der Waals surface area contributed by atoms with E-state index in [0.29, 0.717) is 23.2 Å². The molecule has 4 nitrogen and oxygen atoms in total. The lowest BCUT2D eigenvalue weighted by atomic mass is 10.2. The van der Waals surface area contributed by atoms with Gasteiger partial charge < -0.3 is 5.32 Å². The summed E-state index contributed by atoms with van der Waals surface area (Å²) in [5.74, 6) is 0. The van der Waals surface area contributed by atoms with Crippen LogP contribution in [0.25, 0.3) is 0 Å². The molecule has 2 rings (SSSR count). The van der Waals surface area contributed by atoms with Crippen LogP contribution >= 0.6 is 11.3 Å². The van der Waals surface area contributed by atoms with Crippen LogP contribution in [0.3, 0.4) is 0 Å². The van der Waals surface area contributed by atoms with E-state index in [1.54, 1.807) is 23.6 Å². The molecule has 0 bridgehead atoms. The lowest BCUT2D eigenvalue weighted by Crippen LogP contribution is -2.23. The van der Waals surface area contributed by atoms with Crippen molar-refractivity contribution in [2.45, 2.75) is 38.3 Å². The van der Waals surface area contributed by atoms with E-state index in [0.717, 1.165) is 10.4 Å². The second kappa shape index (κ2) is 6.60. The molecular formula is C15H20N2O2S2. The van der Waals surface area contributed by atoms with Crippen LogP contribution in [-0.2, 0) is 16.6 Å². The first-order valence-electron chi connectivity index (χ1n) is 6.78. The van der Waals surface area contributed by atoms with Gasteiger partial charge in [0.05, 0.1) is 0 Å². The van der Waals surface area contributed by atoms with Crippen molar-refractivity contribution in [3.63, 3.8) is 0 Å². The Bertz CT molecular complexity index is 689. The molecule has 0 aliphatic heterocycles. The standard InChI is InChI=1S/C15H20N2O2S2/c1-11(2)16-10-14-15(8-9-20-14)21(18,19)17-13-6-4-12(3)5-7-13/h4-9,11,16-17H,10H2,1-3H3. The first-order chi connectivity index (χ1) is 9.88. The van der Waals surface area contributed by atoms with E-state index in [2.05, 4.69) is 10.0 Å². The van der Waals surface area contributed by atoms with Crippen molar-refractivity contribution >= 4 is 27.0 Å². The molecule has 0 saturated carbocycles. The van der Waals surface area contributed by atoms with Crippen LogP contribution in [0.4, 0.5) is 5.69 Å². The molecule has 2 N–H and O–H groups in total. The Morgan fingerprint density at radius 2 is 1.81 bits per heavy atom. The Morgan fingerprint density at radius 1 is 1.14 bits per heavy atom. The van der Waals surface area contributed by atoms with Gasteiger partial charge in [0.1, 0.15) is 4.90 Å². The molecule has 0 radical (unpaired) electrons. The first-order valence-corrected chi connectivity index (χ1v) is 9.14. The molecule has 0 atom stereocenters. The van der Waals surface area contributed by atoms with E-state index in [-0.39, 0.29) is 0 Å². The number of hydrogen-bond acceptors (Lipinski definition) is 4. The maximum atomic E-state index is 12.5. The van der Waals surface area contributed by atoms with Crippen LogP contribution in [0.5, 0.6) is 0 Å². The fourth-order valence-electron chi connectivity index (χ4n) is 1.83. The number of hydrogen-bond donors (Lipinski definition) is 2. The summed E-state index contributed by atoms with van der Waals surface area (Å²) < 4.78 is 27.6. The van der Waals surface area contributed by atoms with Crippen molar-refractivity contribution in [1.82, 2.24) is 5.32 Å². The lowest BCUT2D eigenvalue weighted by Gasteiger charge is -2.11. The quantitative estimate of drug-likeness (QED) is 0.856. The maximum Gasteiger partial charge on any atom is 0.263 e. The minimum absolute atomic E-state index is 0.313. The predicted octanol–water partition coefficient (Wildman–Crippen LogP) is 3.36. The molecule has 0 fully saturated rings. The van der Waals surface area contributed by atoms with Crippen LogP contribution < -0.4 is 10.0 Å². The molecule has 0 aliphatic rings. The largest absolute Gasteiger partial charge is 0.310 e. The second-order valence-corrected chi connectivity index (χ2v) is 7.87. The third-order valence-electron chi connectivity index (χ3n) is 2.97. The van der Waals surface area contributed by atoms with Crippen LogP contribution in [0, 0.1) is 6.92 Å². The molecule has 114 valence electrons. The Balaban J connectivity index is 2.19. The van der Waals surface area contributed by atoms with E-state index in [1.807, 2.05) is 32.9 Å². The summed E-state index contributed by atoms with van der Waals surface area (Å²) in [4.78, 5) is 1.17. The van der Waals surface area contributed by atoms with Gasteiger partial charge in [-0.25, -0.2) is 8.42 Å². The molecule has 0 saturated heterocycles. The highest BCUT2D eigenvalue weighted by Gasteiger charge is 2.19. The van der Waals surface area contributed by atoms with Gasteiger partial charge in [0.25, 0.3) is 10.0 Å². The minimum atomic E-state index is -3.54. The molecule has 0 spiro atoms. The van der Waals surface area contributed by atoms with Crippen molar-refractivity contribution in [2.24, 2.45) is 0 Å². The normalized spacial score (nSPS) is 11.8. The first kappa shape index (κ1) is 16.0. The number of nitrogens with one attached hydrogen (secondary N) is 2. The van der Waals surface area contributed by atoms with Crippen LogP contribution in [0.2, 0.25) is 0 Å². The predicted molar refractivity (Wildman–Crippen MR) is 88.3 cm³/mol. The van der Waals surface area contributed by atoms with Crippen molar-refractivity contribution in [3.8, 4) is 0 Å². The molecule has 1 heterocycles. The minimum Gasteiger partial charge on any atom is -0.310 e. The zero-order chi connectivity index (χ0) is 15.5. The van der Waals surface area contributed by atoms with Crippen molar-refractivity contribution < 1.29 is 8.42 Å². The number of thiophene rings is 1. The topological polar surface area (TPSA) is 58.2 Å². The maximum absolute atomic E-state index is 12.5. The van der Waals surface area contributed by atoms with Gasteiger partial charge >= 0.3 is 0 Å². The number of aryl methyl sites for hydroxylation is 1. The highest BCUT2D eigenvalue weighted by Crippen LogP contribution is 2.24. The van der Waals surface area contributed by atoms with Gasteiger partial charge in [-0.2, -0.15) is 0 Å². The van der Waals surface area contributed by atoms with Crippen molar-refractivity contribution in [1.29, 1.82) is 0 Å². The van der Waals surface area contributed by atoms with E-state index in [1.165, 1.54) is 11.3 Å². The SMILES string of the molecule is Cc1ccc(NS(=O)(=O)c2ccsc2CNC(C)C)cc1. The zero-order valence-corrected chi connectivity index (χ0v) is 14.0. The van der Waals surface area contributed by atoms with Crippen molar-refractivity contribution in [3.05, 3.63) is 46.2 Å². The summed E-state index contributed by atoms with van der Waals surface area (Å²) in [5.41, 5.74) is 1.67. The molecule has 6 heteroatoms. The third kappa shape index (κ3) is 4.30. The van der Waals surface area contributed by atoms with Gasteiger partial charge in [0.2, 0.25) is 0 Å². The Morgan fingerprint density at radius 3 is 2.43 bits per heavy atom. The summed E-state index contributed by atoms with van der Waals surface area (Å²) in [6.07, 6.45) is 0. The smallest absolute Gasteiger partial charge is 0.263 e. The highest BCUT2D eigenvalue weighted by molar-refractivity contribution is 7.93. The molecular weight excluding hydrogens is 304 g/mol. The average Bonchev–Trinajstić information content (AvgIpc) is 2.88. The van der Waals surface area contributed by atoms with E-state index in [4.69, 9.17) is 0 Å². The van der Waals surface area contributed by atoms with Gasteiger partial charge in [-0.1, -0.05) is 31.5 Å². The molecule has 2 aromatic rings. The van der Waals surface area contributed by atoms with Crippen LogP contribution in [0.1, 0.15) is 24.3 Å². The Labute approximate surface area is 130 Å². The molecule has 0 aliphatic carbocycles. The van der Waals surface area contributed by atoms with Gasteiger partial charge in [-0.05, 0) is 30.5 Å². The molecule has 1 aromatic carbocycles. The van der Waals surface area contributed by atoms with Gasteiger partial charge in [0, 0.05) is 23.2 Å². The molecule has 21 heavy (non-hydrogen) atoms. The average molecular weight is 324 g/mol. The second-order valence-electron chi connectivity index (χ2n) is 5.22. The fraction of sp³-hybridized carbons (Fsp3) is 0.333. The van der Waals surface area contributed by atoms with Gasteiger partial charge in [0.15, 0.2) is 0 Å². The van der Waals surface area contributed by atoms with Crippen LogP contribution in [0.15, 0.2) is 40.6 Å². The van der Waals surface area contributed by atoms with E-state index < -0.39 is 10.0 Å². The monoisotopic (exact) mass is 324 g/mol. The Kier molecular flexibility index (Phi) is 5.03. The zero-order valence-electron chi connectivity index (χ0n) is 12.4. The highest BCUT2D eigenvalue weighted by atomic mass is 32.2. The number of rotatable bonds is 6. The molecule has 1 aromatic heterocycles. The molecule has 0 unspecified atom stereocenters. The van der Waals surface area contributed by atoms with Crippen molar-refractivity contribution in [2.75, 3.05) is 4.72 Å². The summed E-state index contributed by atoms with van der Waals surface area (Å²) in [7, 11) is -3.54. The summed E-state index contributed by atoms with van der Waals surface area (Å²) in [5, 5.41) is 5.06. The summed E-state index contributed by atoms with van der Waals surface area (Å²) in [6, 6.07) is 9.27. The summed E-state index contributed by atoms with van der Waals surface area (Å²) >= 11 is 1.45. The van der Waals surface area contributed by atoms with E-state index >= 15 is 0 Å². The third-order valence-corrected chi connectivity index (χ3v) is 5.48. The Hall–Kier alpha value is -1.37. The number of benzene rings is 1. The number of anilines is 1. The lowest BCUT2D eigenvalue weighted by molar-refractivity contribution is 0.581.